The Bertz CT molecular complexity index is 590. The highest BCUT2D eigenvalue weighted by Gasteiger charge is 2.18. The molecular formula is C15H20N4S. The number of hydrogen-bond acceptors (Lipinski definition) is 4. The first-order chi connectivity index (χ1) is 9.49. The number of nitrogen functional groups attached to an aromatic ring is 1. The molecule has 4 nitrogen and oxygen atoms in total. The van der Waals surface area contributed by atoms with Gasteiger partial charge in [0.25, 0.3) is 0 Å². The summed E-state index contributed by atoms with van der Waals surface area (Å²) < 4.78 is 0. The molecule has 0 aromatic carbocycles. The van der Waals surface area contributed by atoms with Gasteiger partial charge in [0.15, 0.2) is 0 Å². The number of nitrogens with two attached hydrogens (primary N) is 1. The van der Waals surface area contributed by atoms with Crippen molar-refractivity contribution in [3.05, 3.63) is 45.8 Å². The Hall–Kier alpha value is -1.88. The monoisotopic (exact) mass is 288 g/mol. The summed E-state index contributed by atoms with van der Waals surface area (Å²) in [6, 6.07) is 8.22. The van der Waals surface area contributed by atoms with Crippen LogP contribution < -0.4 is 10.6 Å². The van der Waals surface area contributed by atoms with Gasteiger partial charge in [-0.2, -0.15) is 0 Å². The van der Waals surface area contributed by atoms with Crippen LogP contribution in [0.25, 0.3) is 0 Å². The fraction of sp³-hybridized carbons (Fsp3) is 0.333. The smallest absolute Gasteiger partial charge is 0.140 e. The first-order valence-corrected chi connectivity index (χ1v) is 7.48. The molecule has 2 heterocycles. The van der Waals surface area contributed by atoms with Gasteiger partial charge in [-0.15, -0.1) is 11.3 Å². The molecule has 0 spiro atoms. The maximum atomic E-state index is 7.74. The molecule has 106 valence electrons. The summed E-state index contributed by atoms with van der Waals surface area (Å²) in [5, 5.41) is 9.82. The van der Waals surface area contributed by atoms with Crippen LogP contribution in [0.4, 0.5) is 5.82 Å². The van der Waals surface area contributed by atoms with E-state index < -0.39 is 0 Å². The fourth-order valence-electron chi connectivity index (χ4n) is 2.04. The summed E-state index contributed by atoms with van der Waals surface area (Å²) in [5.41, 5.74) is 7.32. The molecule has 5 heteroatoms. The highest BCUT2D eigenvalue weighted by molar-refractivity contribution is 7.09. The van der Waals surface area contributed by atoms with E-state index in [1.54, 1.807) is 11.3 Å². The highest BCUT2D eigenvalue weighted by Crippen LogP contribution is 2.24. The van der Waals surface area contributed by atoms with Gasteiger partial charge in [-0.1, -0.05) is 6.07 Å². The Balaban J connectivity index is 2.43. The third-order valence-corrected chi connectivity index (χ3v) is 3.97. The maximum Gasteiger partial charge on any atom is 0.140 e. The van der Waals surface area contributed by atoms with E-state index in [1.165, 1.54) is 4.88 Å². The van der Waals surface area contributed by atoms with Gasteiger partial charge in [0.2, 0.25) is 0 Å². The van der Waals surface area contributed by atoms with Crippen LogP contribution in [0.2, 0.25) is 0 Å². The van der Waals surface area contributed by atoms with Gasteiger partial charge in [0.1, 0.15) is 11.7 Å². The van der Waals surface area contributed by atoms with Crippen molar-refractivity contribution in [3.8, 4) is 0 Å². The molecule has 2 aromatic rings. The van der Waals surface area contributed by atoms with Gasteiger partial charge in [0, 0.05) is 16.6 Å². The van der Waals surface area contributed by atoms with Gasteiger partial charge in [-0.25, -0.2) is 4.98 Å². The van der Waals surface area contributed by atoms with Crippen molar-refractivity contribution in [2.75, 3.05) is 4.90 Å². The van der Waals surface area contributed by atoms with Crippen LogP contribution in [-0.2, 0) is 6.54 Å². The topological polar surface area (TPSA) is 66.0 Å². The minimum atomic E-state index is 0.0596. The minimum absolute atomic E-state index is 0.0596. The van der Waals surface area contributed by atoms with Crippen LogP contribution in [0, 0.1) is 12.3 Å². The molecule has 0 aliphatic heterocycles. The zero-order valence-electron chi connectivity index (χ0n) is 12.1. The average molecular weight is 288 g/mol. The van der Waals surface area contributed by atoms with E-state index in [0.717, 1.165) is 18.1 Å². The van der Waals surface area contributed by atoms with Crippen molar-refractivity contribution in [1.82, 2.24) is 4.98 Å². The number of pyridine rings is 1. The van der Waals surface area contributed by atoms with Gasteiger partial charge >= 0.3 is 0 Å². The van der Waals surface area contributed by atoms with Crippen LogP contribution in [0.15, 0.2) is 29.6 Å². The lowest BCUT2D eigenvalue weighted by Crippen LogP contribution is -2.33. The van der Waals surface area contributed by atoms with Crippen LogP contribution in [-0.4, -0.2) is 16.9 Å². The molecule has 0 aliphatic rings. The number of anilines is 1. The second-order valence-corrected chi connectivity index (χ2v) is 6.07. The molecule has 3 N–H and O–H groups in total. The van der Waals surface area contributed by atoms with Crippen LogP contribution in [0.1, 0.15) is 30.0 Å². The molecule has 0 radical (unpaired) electrons. The van der Waals surface area contributed by atoms with E-state index >= 15 is 0 Å². The largest absolute Gasteiger partial charge is 0.384 e. The predicted molar refractivity (Wildman–Crippen MR) is 85.6 cm³/mol. The first-order valence-electron chi connectivity index (χ1n) is 6.60. The van der Waals surface area contributed by atoms with Crippen molar-refractivity contribution in [1.29, 1.82) is 5.41 Å². The van der Waals surface area contributed by atoms with Crippen LogP contribution in [0.3, 0.4) is 0 Å². The zero-order valence-corrected chi connectivity index (χ0v) is 12.9. The zero-order chi connectivity index (χ0) is 14.7. The number of rotatable bonds is 5. The first kappa shape index (κ1) is 14.5. The normalized spacial score (nSPS) is 10.8. The van der Waals surface area contributed by atoms with E-state index in [0.29, 0.717) is 5.56 Å². The number of nitrogens with zero attached hydrogens (tertiary/aromatic N) is 2. The summed E-state index contributed by atoms with van der Waals surface area (Å²) in [4.78, 5) is 8.07. The fourth-order valence-corrected chi connectivity index (χ4v) is 2.75. The molecule has 0 fully saturated rings. The minimum Gasteiger partial charge on any atom is -0.384 e. The molecule has 0 saturated heterocycles. The van der Waals surface area contributed by atoms with Crippen LogP contribution in [0.5, 0.6) is 0 Å². The lowest BCUT2D eigenvalue weighted by atomic mass is 10.1. The van der Waals surface area contributed by atoms with E-state index in [2.05, 4.69) is 35.2 Å². The molecule has 0 saturated carbocycles. The lowest BCUT2D eigenvalue weighted by Gasteiger charge is -2.29. The number of aromatic nitrogens is 1. The predicted octanol–water partition coefficient (Wildman–Crippen LogP) is 3.15. The number of nitrogens with one attached hydrogen (secondary N) is 1. The summed E-state index contributed by atoms with van der Waals surface area (Å²) in [5.74, 6) is 0.852. The standard InChI is InChI=1S/C15H20N4S/c1-10(2)19(9-12-5-4-8-20-12)15-13(14(16)17)7-6-11(3)18-15/h4-8,10H,9H2,1-3H3,(H3,16,17). The molecule has 0 amide bonds. The average Bonchev–Trinajstić information content (AvgIpc) is 2.87. The molecular weight excluding hydrogens is 268 g/mol. The Labute approximate surface area is 123 Å². The Morgan fingerprint density at radius 1 is 1.40 bits per heavy atom. The highest BCUT2D eigenvalue weighted by atomic mass is 32.1. The Morgan fingerprint density at radius 2 is 2.15 bits per heavy atom. The number of amidine groups is 1. The van der Waals surface area contributed by atoms with E-state index in [-0.39, 0.29) is 11.9 Å². The van der Waals surface area contributed by atoms with Gasteiger partial charge in [0.05, 0.1) is 12.1 Å². The van der Waals surface area contributed by atoms with Gasteiger partial charge in [-0.05, 0) is 44.4 Å². The number of aryl methyl sites for hydroxylation is 1. The van der Waals surface area contributed by atoms with Gasteiger partial charge < -0.3 is 10.6 Å². The van der Waals surface area contributed by atoms with Gasteiger partial charge in [-0.3, -0.25) is 5.41 Å². The van der Waals surface area contributed by atoms with Crippen molar-refractivity contribution in [2.24, 2.45) is 5.73 Å². The van der Waals surface area contributed by atoms with Crippen LogP contribution >= 0.6 is 11.3 Å². The second-order valence-electron chi connectivity index (χ2n) is 5.04. The third kappa shape index (κ3) is 3.17. The summed E-state index contributed by atoms with van der Waals surface area (Å²) >= 11 is 1.73. The summed E-state index contributed by atoms with van der Waals surface area (Å²) in [7, 11) is 0. The van der Waals surface area contributed by atoms with Crippen molar-refractivity contribution in [3.63, 3.8) is 0 Å². The lowest BCUT2D eigenvalue weighted by molar-refractivity contribution is 0.675. The molecule has 0 aliphatic carbocycles. The van der Waals surface area contributed by atoms with E-state index in [9.17, 15) is 0 Å². The summed E-state index contributed by atoms with van der Waals surface area (Å²) in [6.07, 6.45) is 0. The van der Waals surface area contributed by atoms with E-state index in [1.807, 2.05) is 25.1 Å². The Kier molecular flexibility index (Phi) is 4.39. The SMILES string of the molecule is Cc1ccc(C(=N)N)c(N(Cc2cccs2)C(C)C)n1. The second kappa shape index (κ2) is 6.05. The third-order valence-electron chi connectivity index (χ3n) is 3.11. The molecule has 2 rings (SSSR count). The van der Waals surface area contributed by atoms with E-state index in [4.69, 9.17) is 11.1 Å². The Morgan fingerprint density at radius 3 is 2.70 bits per heavy atom. The van der Waals surface area contributed by atoms with Crippen molar-refractivity contribution in [2.45, 2.75) is 33.4 Å². The molecule has 2 aromatic heterocycles. The maximum absolute atomic E-state index is 7.74. The van der Waals surface area contributed by atoms with Crippen molar-refractivity contribution < 1.29 is 0 Å². The molecule has 0 unspecified atom stereocenters. The molecule has 0 atom stereocenters. The quantitative estimate of drug-likeness (QED) is 0.656. The molecule has 0 bridgehead atoms. The number of hydrogen-bond donors (Lipinski definition) is 2. The summed E-state index contributed by atoms with van der Waals surface area (Å²) in [6.45, 7) is 6.99. The number of thiophene rings is 1. The van der Waals surface area contributed by atoms with Crippen molar-refractivity contribution >= 4 is 23.0 Å². The molecule has 20 heavy (non-hydrogen) atoms.